The Morgan fingerprint density at radius 1 is 1.27 bits per heavy atom. The minimum atomic E-state index is 0.442. The summed E-state index contributed by atoms with van der Waals surface area (Å²) < 4.78 is 0. The fourth-order valence-electron chi connectivity index (χ4n) is 3.36. The van der Waals surface area contributed by atoms with E-state index in [4.69, 9.17) is 11.6 Å². The number of hydrogen-bond acceptors (Lipinski definition) is 6. The zero-order chi connectivity index (χ0) is 17.9. The fraction of sp³-hybridized carbons (Fsp3) is 0.316. The van der Waals surface area contributed by atoms with Gasteiger partial charge in [0.2, 0.25) is 0 Å². The number of rotatable bonds is 4. The number of halogens is 1. The van der Waals surface area contributed by atoms with Gasteiger partial charge in [-0.3, -0.25) is 15.0 Å². The second-order valence-corrected chi connectivity index (χ2v) is 6.90. The zero-order valence-electron chi connectivity index (χ0n) is 14.6. The predicted molar refractivity (Wildman–Crippen MR) is 106 cm³/mol. The first-order chi connectivity index (χ1) is 12.7. The van der Waals surface area contributed by atoms with Crippen LogP contribution in [-0.4, -0.2) is 40.6 Å². The number of aromatic nitrogens is 3. The van der Waals surface area contributed by atoms with E-state index in [-0.39, 0.29) is 0 Å². The van der Waals surface area contributed by atoms with Crippen molar-refractivity contribution >= 4 is 34.0 Å². The second kappa shape index (κ2) is 7.43. The van der Waals surface area contributed by atoms with Crippen molar-refractivity contribution < 1.29 is 0 Å². The first-order valence-corrected chi connectivity index (χ1v) is 9.14. The maximum absolute atomic E-state index is 6.36. The van der Waals surface area contributed by atoms with E-state index in [1.54, 1.807) is 12.4 Å². The summed E-state index contributed by atoms with van der Waals surface area (Å²) in [7, 11) is 0. The molecule has 2 aromatic heterocycles. The summed E-state index contributed by atoms with van der Waals surface area (Å²) in [5.74, 6) is 0. The van der Waals surface area contributed by atoms with Crippen molar-refractivity contribution in [3.63, 3.8) is 0 Å². The van der Waals surface area contributed by atoms with Gasteiger partial charge >= 0.3 is 0 Å². The van der Waals surface area contributed by atoms with Gasteiger partial charge in [0.25, 0.3) is 0 Å². The molecule has 3 heterocycles. The molecule has 1 aliphatic rings. The summed E-state index contributed by atoms with van der Waals surface area (Å²) in [6.07, 6.45) is 7.06. The molecule has 0 unspecified atom stereocenters. The van der Waals surface area contributed by atoms with E-state index in [9.17, 15) is 0 Å². The lowest BCUT2D eigenvalue weighted by atomic mass is 10.1. The number of nitrogens with one attached hydrogen (secondary N) is 2. The average Bonchev–Trinajstić information content (AvgIpc) is 2.67. The molecule has 0 spiro atoms. The highest BCUT2D eigenvalue weighted by Crippen LogP contribution is 2.28. The Bertz CT molecular complexity index is 915. The van der Waals surface area contributed by atoms with Gasteiger partial charge in [-0.2, -0.15) is 0 Å². The van der Waals surface area contributed by atoms with Gasteiger partial charge in [0.05, 0.1) is 28.1 Å². The number of fused-ring (bicyclic) bond motifs is 1. The molecule has 4 rings (SSSR count). The molecule has 1 atom stereocenters. The second-order valence-electron chi connectivity index (χ2n) is 6.49. The maximum atomic E-state index is 6.36. The van der Waals surface area contributed by atoms with Gasteiger partial charge in [-0.15, -0.1) is 0 Å². The van der Waals surface area contributed by atoms with Crippen molar-refractivity contribution in [2.75, 3.05) is 29.9 Å². The van der Waals surface area contributed by atoms with Crippen molar-refractivity contribution in [2.24, 2.45) is 0 Å². The Morgan fingerprint density at radius 3 is 3.04 bits per heavy atom. The van der Waals surface area contributed by atoms with Crippen LogP contribution < -0.4 is 15.5 Å². The molecule has 7 heteroatoms. The zero-order valence-corrected chi connectivity index (χ0v) is 15.4. The van der Waals surface area contributed by atoms with Crippen LogP contribution in [0.2, 0.25) is 5.02 Å². The Morgan fingerprint density at radius 2 is 2.15 bits per heavy atom. The van der Waals surface area contributed by atoms with E-state index in [1.807, 2.05) is 24.5 Å². The molecule has 134 valence electrons. The number of pyridine rings is 1. The first kappa shape index (κ1) is 17.0. The average molecular weight is 369 g/mol. The topological polar surface area (TPSA) is 66.0 Å². The summed E-state index contributed by atoms with van der Waals surface area (Å²) >= 11 is 6.36. The molecule has 0 amide bonds. The van der Waals surface area contributed by atoms with Gasteiger partial charge in [0.1, 0.15) is 5.52 Å². The summed E-state index contributed by atoms with van der Waals surface area (Å²) in [6.45, 7) is 5.84. The van der Waals surface area contributed by atoms with Crippen LogP contribution in [-0.2, 0) is 6.54 Å². The van der Waals surface area contributed by atoms with Crippen molar-refractivity contribution in [3.8, 4) is 0 Å². The predicted octanol–water partition coefficient (Wildman–Crippen LogP) is 3.09. The number of nitrogens with zero attached hydrogens (tertiary/aromatic N) is 4. The van der Waals surface area contributed by atoms with Crippen molar-refractivity contribution in [1.82, 2.24) is 20.3 Å². The van der Waals surface area contributed by atoms with E-state index in [2.05, 4.69) is 43.5 Å². The third-order valence-electron chi connectivity index (χ3n) is 4.68. The monoisotopic (exact) mass is 368 g/mol. The van der Waals surface area contributed by atoms with Crippen LogP contribution in [0.5, 0.6) is 0 Å². The van der Waals surface area contributed by atoms with Gasteiger partial charge in [-0.1, -0.05) is 11.6 Å². The van der Waals surface area contributed by atoms with Crippen LogP contribution in [0.4, 0.5) is 11.4 Å². The number of hydrogen-bond donors (Lipinski definition) is 2. The fourth-order valence-corrected chi connectivity index (χ4v) is 3.64. The Labute approximate surface area is 157 Å². The molecule has 1 aliphatic heterocycles. The molecule has 2 N–H and O–H groups in total. The Kier molecular flexibility index (Phi) is 4.86. The minimum Gasteiger partial charge on any atom is -0.378 e. The van der Waals surface area contributed by atoms with E-state index in [1.165, 1.54) is 5.69 Å². The molecular formula is C19H21ClN6. The minimum absolute atomic E-state index is 0.442. The number of anilines is 2. The van der Waals surface area contributed by atoms with Crippen LogP contribution >= 0.6 is 11.6 Å². The van der Waals surface area contributed by atoms with Crippen LogP contribution in [0.25, 0.3) is 11.0 Å². The van der Waals surface area contributed by atoms with Gasteiger partial charge < -0.3 is 15.5 Å². The van der Waals surface area contributed by atoms with Crippen molar-refractivity contribution in [2.45, 2.75) is 19.5 Å². The van der Waals surface area contributed by atoms with Crippen molar-refractivity contribution in [1.29, 1.82) is 0 Å². The molecule has 0 bridgehead atoms. The Balaban J connectivity index is 1.57. The summed E-state index contributed by atoms with van der Waals surface area (Å²) in [5, 5.41) is 7.56. The van der Waals surface area contributed by atoms with Gasteiger partial charge in [-0.25, -0.2) is 0 Å². The van der Waals surface area contributed by atoms with Gasteiger partial charge in [0.15, 0.2) is 0 Å². The lowest BCUT2D eigenvalue weighted by Gasteiger charge is -2.37. The largest absolute Gasteiger partial charge is 0.378 e. The van der Waals surface area contributed by atoms with Gasteiger partial charge in [0, 0.05) is 50.8 Å². The summed E-state index contributed by atoms with van der Waals surface area (Å²) in [6, 6.07) is 6.47. The number of benzene rings is 1. The van der Waals surface area contributed by atoms with E-state index >= 15 is 0 Å². The normalized spacial score (nSPS) is 17.5. The molecule has 1 fully saturated rings. The molecule has 0 saturated carbocycles. The standard InChI is InChI=1S/C19H21ClN6/c1-13-10-22-6-7-26(13)18-2-3-21-12-17(18)25-11-14-8-15(20)19-16(9-14)23-4-5-24-19/h2-5,8-9,12-13,22,25H,6-7,10-11H2,1H3/t13-/m1/s1. The maximum Gasteiger partial charge on any atom is 0.107 e. The molecule has 1 saturated heterocycles. The third kappa shape index (κ3) is 3.43. The van der Waals surface area contributed by atoms with Crippen LogP contribution in [0.1, 0.15) is 12.5 Å². The summed E-state index contributed by atoms with van der Waals surface area (Å²) in [4.78, 5) is 15.4. The molecule has 26 heavy (non-hydrogen) atoms. The summed E-state index contributed by atoms with van der Waals surface area (Å²) in [5.41, 5.74) is 4.80. The first-order valence-electron chi connectivity index (χ1n) is 8.77. The molecule has 6 nitrogen and oxygen atoms in total. The molecule has 0 radical (unpaired) electrons. The Hall–Kier alpha value is -2.44. The highest BCUT2D eigenvalue weighted by Gasteiger charge is 2.20. The lowest BCUT2D eigenvalue weighted by molar-refractivity contribution is 0.501. The lowest BCUT2D eigenvalue weighted by Crippen LogP contribution is -2.50. The molecule has 3 aromatic rings. The van der Waals surface area contributed by atoms with Crippen LogP contribution in [0.3, 0.4) is 0 Å². The van der Waals surface area contributed by atoms with E-state index in [0.29, 0.717) is 17.6 Å². The van der Waals surface area contributed by atoms with Crippen LogP contribution in [0.15, 0.2) is 43.0 Å². The highest BCUT2D eigenvalue weighted by molar-refractivity contribution is 6.34. The third-order valence-corrected chi connectivity index (χ3v) is 4.97. The smallest absolute Gasteiger partial charge is 0.107 e. The SMILES string of the molecule is C[C@@H]1CNCCN1c1ccncc1NCc1cc(Cl)c2nccnc2c1. The molecule has 1 aromatic carbocycles. The van der Waals surface area contributed by atoms with Crippen molar-refractivity contribution in [3.05, 3.63) is 53.6 Å². The highest BCUT2D eigenvalue weighted by atomic mass is 35.5. The van der Waals surface area contributed by atoms with Gasteiger partial charge in [-0.05, 0) is 30.7 Å². The van der Waals surface area contributed by atoms with E-state index in [0.717, 1.165) is 41.9 Å². The van der Waals surface area contributed by atoms with Crippen LogP contribution in [0, 0.1) is 0 Å². The number of piperazine rings is 1. The van der Waals surface area contributed by atoms with E-state index < -0.39 is 0 Å². The quantitative estimate of drug-likeness (QED) is 0.737. The molecule has 0 aliphatic carbocycles. The molecular weight excluding hydrogens is 348 g/mol.